The minimum Gasteiger partial charge on any atom is -0.216 e. The van der Waals surface area contributed by atoms with Gasteiger partial charge in [0, 0.05) is 6.07 Å². The van der Waals surface area contributed by atoms with E-state index in [1.165, 1.54) is 11.1 Å². The van der Waals surface area contributed by atoms with E-state index in [2.05, 4.69) is 18.2 Å². The van der Waals surface area contributed by atoms with Crippen molar-refractivity contribution in [2.24, 2.45) is 0 Å². The SMILES string of the molecule is c1ccc(-c2cc[o+]c(-c3ccccc3)c2)cc1. The van der Waals surface area contributed by atoms with Gasteiger partial charge in [0.2, 0.25) is 0 Å². The van der Waals surface area contributed by atoms with Crippen molar-refractivity contribution in [1.82, 2.24) is 0 Å². The molecule has 0 aliphatic carbocycles. The molecule has 0 bridgehead atoms. The van der Waals surface area contributed by atoms with E-state index in [0.29, 0.717) is 0 Å². The van der Waals surface area contributed by atoms with Crippen LogP contribution in [0.2, 0.25) is 0 Å². The molecule has 0 saturated carbocycles. The Bertz CT molecular complexity index is 575. The summed E-state index contributed by atoms with van der Waals surface area (Å²) < 4.78 is 5.58. The van der Waals surface area contributed by atoms with Crippen LogP contribution in [0, 0.1) is 0 Å². The zero-order valence-electron chi connectivity index (χ0n) is 9.91. The van der Waals surface area contributed by atoms with Gasteiger partial charge in [-0.2, -0.15) is 0 Å². The van der Waals surface area contributed by atoms with Gasteiger partial charge in [-0.1, -0.05) is 48.5 Å². The van der Waals surface area contributed by atoms with E-state index in [-0.39, 0.29) is 0 Å². The fourth-order valence-corrected chi connectivity index (χ4v) is 1.97. The van der Waals surface area contributed by atoms with E-state index >= 15 is 0 Å². The number of rotatable bonds is 2. The van der Waals surface area contributed by atoms with Crippen molar-refractivity contribution in [3.8, 4) is 22.5 Å². The van der Waals surface area contributed by atoms with Crippen molar-refractivity contribution in [3.63, 3.8) is 0 Å². The molecule has 0 N–H and O–H groups in total. The molecule has 0 aliphatic heterocycles. The highest BCUT2D eigenvalue weighted by Crippen LogP contribution is 2.25. The molecule has 0 saturated heterocycles. The lowest BCUT2D eigenvalue weighted by atomic mass is 10.0. The summed E-state index contributed by atoms with van der Waals surface area (Å²) in [4.78, 5) is 0. The van der Waals surface area contributed by atoms with Crippen LogP contribution in [0.4, 0.5) is 0 Å². The second-order valence-electron chi connectivity index (χ2n) is 4.12. The summed E-state index contributed by atoms with van der Waals surface area (Å²) in [6.07, 6.45) is 1.74. The molecule has 0 fully saturated rings. The third kappa shape index (κ3) is 2.16. The Morgan fingerprint density at radius 1 is 0.556 bits per heavy atom. The summed E-state index contributed by atoms with van der Waals surface area (Å²) in [6, 6.07) is 24.5. The van der Waals surface area contributed by atoms with Gasteiger partial charge in [-0.25, -0.2) is 4.42 Å². The summed E-state index contributed by atoms with van der Waals surface area (Å²) in [7, 11) is 0. The monoisotopic (exact) mass is 233 g/mol. The zero-order valence-corrected chi connectivity index (χ0v) is 9.91. The second kappa shape index (κ2) is 4.84. The summed E-state index contributed by atoms with van der Waals surface area (Å²) in [5.74, 6) is 0.886. The maximum absolute atomic E-state index is 5.58. The average Bonchev–Trinajstić information content (AvgIpc) is 2.49. The molecule has 3 aromatic rings. The van der Waals surface area contributed by atoms with Crippen LogP contribution in [0.15, 0.2) is 83.5 Å². The molecule has 0 spiro atoms. The van der Waals surface area contributed by atoms with Gasteiger partial charge in [-0.05, 0) is 23.3 Å². The lowest BCUT2D eigenvalue weighted by Crippen LogP contribution is -1.80. The van der Waals surface area contributed by atoms with Crippen molar-refractivity contribution in [1.29, 1.82) is 0 Å². The summed E-state index contributed by atoms with van der Waals surface area (Å²) in [5, 5.41) is 0. The quantitative estimate of drug-likeness (QED) is 0.573. The molecule has 0 unspecified atom stereocenters. The predicted octanol–water partition coefficient (Wildman–Crippen LogP) is 4.89. The Labute approximate surface area is 106 Å². The molecule has 1 heterocycles. The largest absolute Gasteiger partial charge is 0.360 e. The third-order valence-corrected chi connectivity index (χ3v) is 2.89. The third-order valence-electron chi connectivity index (χ3n) is 2.89. The van der Waals surface area contributed by atoms with Crippen molar-refractivity contribution in [3.05, 3.63) is 79.1 Å². The predicted molar refractivity (Wildman–Crippen MR) is 74.0 cm³/mol. The van der Waals surface area contributed by atoms with E-state index in [1.54, 1.807) is 6.26 Å². The Morgan fingerprint density at radius 3 is 1.83 bits per heavy atom. The molecule has 18 heavy (non-hydrogen) atoms. The molecule has 0 radical (unpaired) electrons. The normalized spacial score (nSPS) is 10.2. The maximum Gasteiger partial charge on any atom is 0.360 e. The van der Waals surface area contributed by atoms with E-state index in [9.17, 15) is 0 Å². The van der Waals surface area contributed by atoms with Gasteiger partial charge < -0.3 is 0 Å². The molecule has 0 aliphatic rings. The van der Waals surface area contributed by atoms with Crippen LogP contribution < -0.4 is 0 Å². The minimum atomic E-state index is 0.886. The van der Waals surface area contributed by atoms with Gasteiger partial charge >= 0.3 is 12.0 Å². The van der Waals surface area contributed by atoms with Crippen molar-refractivity contribution in [2.45, 2.75) is 0 Å². The molecule has 2 aromatic carbocycles. The summed E-state index contributed by atoms with van der Waals surface area (Å²) >= 11 is 0. The number of hydrogen-bond donors (Lipinski definition) is 0. The summed E-state index contributed by atoms with van der Waals surface area (Å²) in [6.45, 7) is 0. The van der Waals surface area contributed by atoms with Crippen LogP contribution in [0.5, 0.6) is 0 Å². The van der Waals surface area contributed by atoms with Gasteiger partial charge in [0.25, 0.3) is 0 Å². The Morgan fingerprint density at radius 2 is 1.17 bits per heavy atom. The smallest absolute Gasteiger partial charge is 0.216 e. The standard InChI is InChI=1S/C17H13O/c1-3-7-14(8-4-1)16-11-12-18-17(13-16)15-9-5-2-6-10-15/h1-13H/q+1. The minimum absolute atomic E-state index is 0.886. The topological polar surface area (TPSA) is 11.3 Å². The van der Waals surface area contributed by atoms with Crippen LogP contribution >= 0.6 is 0 Å². The molecule has 1 aromatic heterocycles. The van der Waals surface area contributed by atoms with Crippen LogP contribution in [0.3, 0.4) is 0 Å². The average molecular weight is 233 g/mol. The first-order chi connectivity index (χ1) is 8.93. The van der Waals surface area contributed by atoms with E-state index in [0.717, 1.165) is 11.3 Å². The molecule has 0 atom stereocenters. The molecule has 1 nitrogen and oxygen atoms in total. The molecule has 0 amide bonds. The Kier molecular flexibility index (Phi) is 2.89. The van der Waals surface area contributed by atoms with Crippen LogP contribution in [0.25, 0.3) is 22.5 Å². The highest BCUT2D eigenvalue weighted by atomic mass is 16.3. The first kappa shape index (κ1) is 10.7. The molecule has 86 valence electrons. The molecular formula is C17H13O+. The first-order valence-corrected chi connectivity index (χ1v) is 5.96. The van der Waals surface area contributed by atoms with Gasteiger partial charge in [-0.3, -0.25) is 0 Å². The lowest BCUT2D eigenvalue weighted by molar-refractivity contribution is 0.566. The fourth-order valence-electron chi connectivity index (χ4n) is 1.97. The Hall–Kier alpha value is -2.41. The van der Waals surface area contributed by atoms with Gasteiger partial charge in [0.1, 0.15) is 0 Å². The molecule has 1 heteroatoms. The lowest BCUT2D eigenvalue weighted by Gasteiger charge is -1.98. The highest BCUT2D eigenvalue weighted by molar-refractivity contribution is 5.68. The number of benzene rings is 2. The Balaban J connectivity index is 2.05. The summed E-state index contributed by atoms with van der Waals surface area (Å²) in [5.41, 5.74) is 3.46. The van der Waals surface area contributed by atoms with Crippen molar-refractivity contribution >= 4 is 0 Å². The zero-order chi connectivity index (χ0) is 12.2. The highest BCUT2D eigenvalue weighted by Gasteiger charge is 2.11. The van der Waals surface area contributed by atoms with E-state index in [4.69, 9.17) is 4.42 Å². The molecule has 3 rings (SSSR count). The first-order valence-electron chi connectivity index (χ1n) is 5.96. The van der Waals surface area contributed by atoms with Gasteiger partial charge in [-0.15, -0.1) is 0 Å². The van der Waals surface area contributed by atoms with Gasteiger partial charge in [0.15, 0.2) is 0 Å². The van der Waals surface area contributed by atoms with Crippen LogP contribution in [0.1, 0.15) is 0 Å². The van der Waals surface area contributed by atoms with Gasteiger partial charge in [0.05, 0.1) is 11.6 Å². The van der Waals surface area contributed by atoms with E-state index in [1.807, 2.05) is 54.6 Å². The number of hydrogen-bond acceptors (Lipinski definition) is 0. The van der Waals surface area contributed by atoms with E-state index < -0.39 is 0 Å². The van der Waals surface area contributed by atoms with Crippen molar-refractivity contribution in [2.75, 3.05) is 0 Å². The van der Waals surface area contributed by atoms with Crippen molar-refractivity contribution < 1.29 is 4.42 Å². The molecular weight excluding hydrogens is 220 g/mol. The fraction of sp³-hybridized carbons (Fsp3) is 0. The maximum atomic E-state index is 5.58. The second-order valence-corrected chi connectivity index (χ2v) is 4.12. The van der Waals surface area contributed by atoms with Crippen LogP contribution in [-0.2, 0) is 0 Å². The van der Waals surface area contributed by atoms with Crippen LogP contribution in [-0.4, -0.2) is 0 Å².